The second-order valence-electron chi connectivity index (χ2n) is 5.73. The van der Waals surface area contributed by atoms with E-state index in [2.05, 4.69) is 62.6 Å². The lowest BCUT2D eigenvalue weighted by Crippen LogP contribution is -2.31. The minimum atomic E-state index is 0.362. The Kier molecular flexibility index (Phi) is 3.57. The standard InChI is InChI=1S/C18H20ClN/c1-11-9-17(19)12(2)8-15(11)18(20-3)16-10-13-6-4-5-7-14(13)16/h4-9,16,18,20H,10H2,1-3H3. The summed E-state index contributed by atoms with van der Waals surface area (Å²) < 4.78 is 0. The SMILES string of the molecule is CNC(c1cc(C)c(Cl)cc1C)C1Cc2ccccc21. The van der Waals surface area contributed by atoms with Crippen LogP contribution in [0.1, 0.15) is 39.8 Å². The molecule has 1 nitrogen and oxygen atoms in total. The second kappa shape index (κ2) is 5.23. The van der Waals surface area contributed by atoms with Gasteiger partial charge in [-0.05, 0) is 61.2 Å². The van der Waals surface area contributed by atoms with E-state index in [0.717, 1.165) is 17.0 Å². The van der Waals surface area contributed by atoms with E-state index in [1.54, 1.807) is 0 Å². The Morgan fingerprint density at radius 3 is 2.60 bits per heavy atom. The van der Waals surface area contributed by atoms with Gasteiger partial charge in [0.05, 0.1) is 0 Å². The van der Waals surface area contributed by atoms with Gasteiger partial charge in [0, 0.05) is 17.0 Å². The van der Waals surface area contributed by atoms with Crippen LogP contribution in [0.2, 0.25) is 5.02 Å². The molecule has 2 atom stereocenters. The van der Waals surface area contributed by atoms with Gasteiger partial charge in [0.1, 0.15) is 0 Å². The van der Waals surface area contributed by atoms with Gasteiger partial charge >= 0.3 is 0 Å². The number of hydrogen-bond donors (Lipinski definition) is 1. The highest BCUT2D eigenvalue weighted by molar-refractivity contribution is 6.31. The van der Waals surface area contributed by atoms with Crippen molar-refractivity contribution >= 4 is 11.6 Å². The molecule has 0 saturated heterocycles. The lowest BCUT2D eigenvalue weighted by Gasteiger charge is -2.37. The van der Waals surface area contributed by atoms with Crippen LogP contribution in [0.15, 0.2) is 36.4 Å². The highest BCUT2D eigenvalue weighted by atomic mass is 35.5. The molecule has 0 aromatic heterocycles. The van der Waals surface area contributed by atoms with Crippen LogP contribution in [-0.4, -0.2) is 7.05 Å². The van der Waals surface area contributed by atoms with Crippen molar-refractivity contribution in [2.45, 2.75) is 32.2 Å². The molecule has 2 aromatic carbocycles. The Balaban J connectivity index is 1.98. The van der Waals surface area contributed by atoms with Gasteiger partial charge in [-0.1, -0.05) is 41.9 Å². The maximum Gasteiger partial charge on any atom is 0.0438 e. The van der Waals surface area contributed by atoms with E-state index >= 15 is 0 Å². The number of fused-ring (bicyclic) bond motifs is 1. The molecule has 0 fully saturated rings. The van der Waals surface area contributed by atoms with Crippen molar-refractivity contribution in [2.75, 3.05) is 7.05 Å². The quantitative estimate of drug-likeness (QED) is 0.872. The summed E-state index contributed by atoms with van der Waals surface area (Å²) >= 11 is 6.22. The summed E-state index contributed by atoms with van der Waals surface area (Å²) in [6.07, 6.45) is 1.16. The number of rotatable bonds is 3. The van der Waals surface area contributed by atoms with Crippen LogP contribution in [0, 0.1) is 13.8 Å². The normalized spacial score (nSPS) is 18.3. The lowest BCUT2D eigenvalue weighted by atomic mass is 9.71. The first kappa shape index (κ1) is 13.7. The van der Waals surface area contributed by atoms with Gasteiger partial charge in [0.15, 0.2) is 0 Å². The van der Waals surface area contributed by atoms with Crippen LogP contribution in [0.25, 0.3) is 0 Å². The van der Waals surface area contributed by atoms with E-state index in [-0.39, 0.29) is 0 Å². The van der Waals surface area contributed by atoms with Crippen LogP contribution in [0.3, 0.4) is 0 Å². The summed E-state index contributed by atoms with van der Waals surface area (Å²) in [5, 5.41) is 4.36. The number of halogens is 1. The predicted octanol–water partition coefficient (Wildman–Crippen LogP) is 4.56. The molecular weight excluding hydrogens is 266 g/mol. The molecule has 20 heavy (non-hydrogen) atoms. The topological polar surface area (TPSA) is 12.0 Å². The first-order valence-corrected chi connectivity index (χ1v) is 7.51. The van der Waals surface area contributed by atoms with Crippen LogP contribution >= 0.6 is 11.6 Å². The molecule has 0 spiro atoms. The van der Waals surface area contributed by atoms with Crippen molar-refractivity contribution in [3.05, 3.63) is 69.2 Å². The first-order chi connectivity index (χ1) is 9.61. The molecular formula is C18H20ClN. The Bertz CT molecular complexity index is 648. The van der Waals surface area contributed by atoms with Gasteiger partial charge in [0.25, 0.3) is 0 Å². The third kappa shape index (κ3) is 2.15. The number of nitrogens with one attached hydrogen (secondary N) is 1. The fraction of sp³-hybridized carbons (Fsp3) is 0.333. The molecule has 0 aliphatic heterocycles. The second-order valence-corrected chi connectivity index (χ2v) is 6.14. The number of hydrogen-bond acceptors (Lipinski definition) is 1. The highest BCUT2D eigenvalue weighted by Gasteiger charge is 2.33. The fourth-order valence-corrected chi connectivity index (χ4v) is 3.53. The molecule has 0 amide bonds. The van der Waals surface area contributed by atoms with Crippen molar-refractivity contribution in [1.29, 1.82) is 0 Å². The maximum atomic E-state index is 6.22. The van der Waals surface area contributed by atoms with Crippen molar-refractivity contribution in [3.8, 4) is 0 Å². The van der Waals surface area contributed by atoms with E-state index in [1.807, 2.05) is 0 Å². The van der Waals surface area contributed by atoms with Crippen molar-refractivity contribution in [3.63, 3.8) is 0 Å². The van der Waals surface area contributed by atoms with E-state index in [1.165, 1.54) is 22.3 Å². The molecule has 3 rings (SSSR count). The average Bonchev–Trinajstić information content (AvgIpc) is 2.41. The Morgan fingerprint density at radius 2 is 1.90 bits per heavy atom. The minimum absolute atomic E-state index is 0.362. The van der Waals surface area contributed by atoms with Gasteiger partial charge in [0.2, 0.25) is 0 Å². The van der Waals surface area contributed by atoms with E-state index in [4.69, 9.17) is 11.6 Å². The van der Waals surface area contributed by atoms with Crippen LogP contribution in [0.5, 0.6) is 0 Å². The van der Waals surface area contributed by atoms with Crippen LogP contribution in [-0.2, 0) is 6.42 Å². The van der Waals surface area contributed by atoms with Gasteiger partial charge in [-0.3, -0.25) is 0 Å². The molecule has 0 radical (unpaired) electrons. The average molecular weight is 286 g/mol. The van der Waals surface area contributed by atoms with E-state index in [0.29, 0.717) is 12.0 Å². The van der Waals surface area contributed by atoms with Crippen molar-refractivity contribution < 1.29 is 0 Å². The zero-order valence-corrected chi connectivity index (χ0v) is 13.0. The van der Waals surface area contributed by atoms with Crippen LogP contribution < -0.4 is 5.32 Å². The predicted molar refractivity (Wildman–Crippen MR) is 85.6 cm³/mol. The van der Waals surface area contributed by atoms with Crippen molar-refractivity contribution in [1.82, 2.24) is 5.32 Å². The minimum Gasteiger partial charge on any atom is -0.312 e. The van der Waals surface area contributed by atoms with E-state index in [9.17, 15) is 0 Å². The Hall–Kier alpha value is -1.31. The van der Waals surface area contributed by atoms with Gasteiger partial charge in [-0.2, -0.15) is 0 Å². The van der Waals surface area contributed by atoms with E-state index < -0.39 is 0 Å². The zero-order valence-electron chi connectivity index (χ0n) is 12.2. The molecule has 1 aliphatic carbocycles. The molecule has 2 unspecified atom stereocenters. The van der Waals surface area contributed by atoms with Crippen LogP contribution in [0.4, 0.5) is 0 Å². The summed E-state index contributed by atoms with van der Waals surface area (Å²) in [6.45, 7) is 4.22. The summed E-state index contributed by atoms with van der Waals surface area (Å²) in [5.41, 5.74) is 6.76. The molecule has 104 valence electrons. The zero-order chi connectivity index (χ0) is 14.3. The largest absolute Gasteiger partial charge is 0.312 e. The van der Waals surface area contributed by atoms with Crippen molar-refractivity contribution in [2.24, 2.45) is 0 Å². The summed E-state index contributed by atoms with van der Waals surface area (Å²) in [5.74, 6) is 0.565. The lowest BCUT2D eigenvalue weighted by molar-refractivity contribution is 0.437. The monoisotopic (exact) mass is 285 g/mol. The highest BCUT2D eigenvalue weighted by Crippen LogP contribution is 2.44. The molecule has 1 N–H and O–H groups in total. The maximum absolute atomic E-state index is 6.22. The summed E-state index contributed by atoms with van der Waals surface area (Å²) in [6, 6.07) is 13.4. The molecule has 0 bridgehead atoms. The smallest absolute Gasteiger partial charge is 0.0438 e. The molecule has 2 aromatic rings. The summed E-state index contributed by atoms with van der Waals surface area (Å²) in [4.78, 5) is 0. The molecule has 0 heterocycles. The first-order valence-electron chi connectivity index (χ1n) is 7.13. The Labute approximate surface area is 126 Å². The molecule has 1 aliphatic rings. The number of likely N-dealkylation sites (N-methyl/N-ethyl adjacent to an activating group) is 1. The summed E-state index contributed by atoms with van der Waals surface area (Å²) in [7, 11) is 2.05. The number of benzene rings is 2. The van der Waals surface area contributed by atoms with Gasteiger partial charge < -0.3 is 5.32 Å². The molecule has 0 saturated carbocycles. The molecule has 2 heteroatoms. The Morgan fingerprint density at radius 1 is 1.15 bits per heavy atom. The number of aryl methyl sites for hydroxylation is 2. The third-order valence-corrected chi connectivity index (χ3v) is 4.90. The fourth-order valence-electron chi connectivity index (χ4n) is 3.31. The van der Waals surface area contributed by atoms with Gasteiger partial charge in [-0.15, -0.1) is 0 Å². The third-order valence-electron chi connectivity index (χ3n) is 4.49. The van der Waals surface area contributed by atoms with Gasteiger partial charge in [-0.25, -0.2) is 0 Å².